The number of carbonyl (C=O) groups is 1. The maximum atomic E-state index is 13.4. The molecule has 8 nitrogen and oxygen atoms in total. The lowest BCUT2D eigenvalue weighted by molar-refractivity contribution is -0.139. The molecule has 3 aromatic heterocycles. The highest BCUT2D eigenvalue weighted by molar-refractivity contribution is 5.79. The molecule has 0 aromatic carbocycles. The van der Waals surface area contributed by atoms with E-state index >= 15 is 0 Å². The van der Waals surface area contributed by atoms with E-state index in [1.807, 2.05) is 23.1 Å². The van der Waals surface area contributed by atoms with Crippen LogP contribution in [0.5, 0.6) is 0 Å². The van der Waals surface area contributed by atoms with E-state index in [9.17, 15) is 9.59 Å². The number of fused-ring (bicyclic) bond motifs is 2. The zero-order valence-corrected chi connectivity index (χ0v) is 18.9. The van der Waals surface area contributed by atoms with Gasteiger partial charge in [-0.2, -0.15) is 0 Å². The number of hydrogen-bond acceptors (Lipinski definition) is 5. The minimum absolute atomic E-state index is 0.00103. The van der Waals surface area contributed by atoms with Crippen molar-refractivity contribution in [2.75, 3.05) is 19.6 Å². The predicted molar refractivity (Wildman–Crippen MR) is 124 cm³/mol. The van der Waals surface area contributed by atoms with Gasteiger partial charge < -0.3 is 4.90 Å². The summed E-state index contributed by atoms with van der Waals surface area (Å²) in [5.74, 6) is 0.781. The summed E-state index contributed by atoms with van der Waals surface area (Å²) < 4.78 is 1.61. The van der Waals surface area contributed by atoms with Crippen molar-refractivity contribution < 1.29 is 4.79 Å². The maximum absolute atomic E-state index is 13.4. The Kier molecular flexibility index (Phi) is 5.25. The molecule has 0 spiro atoms. The molecule has 2 aliphatic heterocycles. The van der Waals surface area contributed by atoms with Crippen LogP contribution in [0.2, 0.25) is 0 Å². The van der Waals surface area contributed by atoms with Crippen molar-refractivity contribution in [1.82, 2.24) is 29.4 Å². The third-order valence-corrected chi connectivity index (χ3v) is 7.64. The number of likely N-dealkylation sites (tertiary alicyclic amines) is 1. The molecule has 1 atom stereocenters. The van der Waals surface area contributed by atoms with Gasteiger partial charge in [0, 0.05) is 75.1 Å². The molecule has 172 valence electrons. The molecule has 1 saturated heterocycles. The number of aromatic amines is 1. The van der Waals surface area contributed by atoms with Gasteiger partial charge in [-0.3, -0.25) is 24.6 Å². The van der Waals surface area contributed by atoms with Gasteiger partial charge in [0.2, 0.25) is 5.91 Å². The number of pyridine rings is 1. The van der Waals surface area contributed by atoms with Crippen LogP contribution in [-0.2, 0) is 24.3 Å². The van der Waals surface area contributed by atoms with Crippen LogP contribution >= 0.6 is 0 Å². The van der Waals surface area contributed by atoms with E-state index in [0.29, 0.717) is 18.1 Å². The van der Waals surface area contributed by atoms with Gasteiger partial charge in [-0.25, -0.2) is 9.50 Å². The van der Waals surface area contributed by atoms with Gasteiger partial charge in [0.15, 0.2) is 5.65 Å². The number of rotatable bonds is 4. The second kappa shape index (κ2) is 8.41. The first-order valence-corrected chi connectivity index (χ1v) is 12.2. The number of aromatic nitrogens is 4. The Morgan fingerprint density at radius 1 is 1.12 bits per heavy atom. The number of carbonyl (C=O) groups excluding carboxylic acids is 1. The molecule has 3 aromatic rings. The summed E-state index contributed by atoms with van der Waals surface area (Å²) in [6, 6.07) is 6.06. The van der Waals surface area contributed by atoms with E-state index in [0.717, 1.165) is 75.2 Å². The standard InChI is InChI=1S/C25H30N6O2/c32-24(18-3-1-4-18)30-11-2-5-19(15-30)22-13-23-27-21-8-12-29(14-17-6-9-26-10-7-17)16-20(21)25(33)31(23)28-22/h6-7,9-10,13,18-19,28H,1-5,8,11-12,14-16H2. The van der Waals surface area contributed by atoms with Gasteiger partial charge in [-0.05, 0) is 43.4 Å². The molecule has 6 rings (SSSR count). The largest absolute Gasteiger partial charge is 0.342 e. The van der Waals surface area contributed by atoms with Crippen LogP contribution in [0, 0.1) is 5.92 Å². The number of nitrogens with one attached hydrogen (secondary N) is 1. The van der Waals surface area contributed by atoms with E-state index in [-0.39, 0.29) is 17.4 Å². The fourth-order valence-electron chi connectivity index (χ4n) is 5.49. The summed E-state index contributed by atoms with van der Waals surface area (Å²) in [4.78, 5) is 39.4. The molecule has 0 bridgehead atoms. The highest BCUT2D eigenvalue weighted by Gasteiger charge is 2.33. The SMILES string of the molecule is O=C(C1CCC1)N1CCCC(c2cc3nc4c(c(=O)n3[nH]2)CN(Cc2ccncc2)CC4)C1. The smallest absolute Gasteiger partial charge is 0.277 e. The Hall–Kier alpha value is -3.00. The summed E-state index contributed by atoms with van der Waals surface area (Å²) in [6.07, 6.45) is 9.66. The molecule has 5 heterocycles. The van der Waals surface area contributed by atoms with Gasteiger partial charge in [0.05, 0.1) is 11.3 Å². The molecular weight excluding hydrogens is 416 g/mol. The van der Waals surface area contributed by atoms with Crippen LogP contribution < -0.4 is 5.56 Å². The van der Waals surface area contributed by atoms with Crippen molar-refractivity contribution in [3.63, 3.8) is 0 Å². The molecule has 1 unspecified atom stereocenters. The van der Waals surface area contributed by atoms with Crippen LogP contribution in [-0.4, -0.2) is 54.9 Å². The lowest BCUT2D eigenvalue weighted by Crippen LogP contribution is -2.44. The molecule has 2 fully saturated rings. The second-order valence-corrected chi connectivity index (χ2v) is 9.81. The van der Waals surface area contributed by atoms with Crippen molar-refractivity contribution in [3.05, 3.63) is 63.5 Å². The summed E-state index contributed by atoms with van der Waals surface area (Å²) in [6.45, 7) is 3.87. The van der Waals surface area contributed by atoms with Gasteiger partial charge >= 0.3 is 0 Å². The van der Waals surface area contributed by atoms with E-state index in [1.165, 1.54) is 12.0 Å². The monoisotopic (exact) mass is 446 g/mol. The molecule has 1 amide bonds. The van der Waals surface area contributed by atoms with Crippen molar-refractivity contribution in [1.29, 1.82) is 0 Å². The number of H-pyrrole nitrogens is 1. The summed E-state index contributed by atoms with van der Waals surface area (Å²) in [5.41, 5.74) is 4.61. The Morgan fingerprint density at radius 3 is 2.76 bits per heavy atom. The zero-order valence-electron chi connectivity index (χ0n) is 18.9. The van der Waals surface area contributed by atoms with Crippen molar-refractivity contribution >= 4 is 11.6 Å². The van der Waals surface area contributed by atoms with Crippen molar-refractivity contribution in [2.45, 2.75) is 57.5 Å². The molecule has 33 heavy (non-hydrogen) atoms. The topological polar surface area (TPSA) is 86.6 Å². The lowest BCUT2D eigenvalue weighted by atomic mass is 9.83. The van der Waals surface area contributed by atoms with E-state index < -0.39 is 0 Å². The van der Waals surface area contributed by atoms with E-state index in [4.69, 9.17) is 4.98 Å². The normalized spacial score (nSPS) is 21.7. The molecule has 1 saturated carbocycles. The Bertz CT molecular complexity index is 1230. The maximum Gasteiger partial charge on any atom is 0.277 e. The molecule has 0 radical (unpaired) electrons. The Morgan fingerprint density at radius 2 is 1.97 bits per heavy atom. The van der Waals surface area contributed by atoms with E-state index in [1.54, 1.807) is 16.9 Å². The van der Waals surface area contributed by atoms with E-state index in [2.05, 4.69) is 15.0 Å². The molecule has 1 N–H and O–H groups in total. The van der Waals surface area contributed by atoms with Crippen LogP contribution in [0.25, 0.3) is 5.65 Å². The van der Waals surface area contributed by atoms with Crippen molar-refractivity contribution in [2.24, 2.45) is 5.92 Å². The molecular formula is C25H30N6O2. The first-order chi connectivity index (χ1) is 16.2. The number of amides is 1. The number of hydrogen-bond donors (Lipinski definition) is 1. The summed E-state index contributed by atoms with van der Waals surface area (Å²) in [7, 11) is 0. The van der Waals surface area contributed by atoms with Crippen LogP contribution in [0.3, 0.4) is 0 Å². The Labute approximate surface area is 192 Å². The van der Waals surface area contributed by atoms with Gasteiger partial charge in [0.1, 0.15) is 0 Å². The van der Waals surface area contributed by atoms with Crippen LogP contribution in [0.15, 0.2) is 35.4 Å². The van der Waals surface area contributed by atoms with Crippen LogP contribution in [0.4, 0.5) is 0 Å². The van der Waals surface area contributed by atoms with Gasteiger partial charge in [0.25, 0.3) is 5.56 Å². The first-order valence-electron chi connectivity index (χ1n) is 12.2. The minimum atomic E-state index is -0.00103. The fourth-order valence-corrected chi connectivity index (χ4v) is 5.49. The van der Waals surface area contributed by atoms with Gasteiger partial charge in [-0.15, -0.1) is 0 Å². The zero-order chi connectivity index (χ0) is 22.4. The number of nitrogens with zero attached hydrogens (tertiary/aromatic N) is 5. The molecule has 3 aliphatic rings. The molecule has 8 heteroatoms. The second-order valence-electron chi connectivity index (χ2n) is 9.81. The third kappa shape index (κ3) is 3.86. The third-order valence-electron chi connectivity index (χ3n) is 7.64. The number of piperidine rings is 1. The first kappa shape index (κ1) is 20.6. The fraction of sp³-hybridized carbons (Fsp3) is 0.520. The highest BCUT2D eigenvalue weighted by Crippen LogP contribution is 2.32. The summed E-state index contributed by atoms with van der Waals surface area (Å²) in [5, 5.41) is 3.34. The minimum Gasteiger partial charge on any atom is -0.342 e. The van der Waals surface area contributed by atoms with Gasteiger partial charge in [-0.1, -0.05) is 6.42 Å². The summed E-state index contributed by atoms with van der Waals surface area (Å²) >= 11 is 0. The average molecular weight is 447 g/mol. The average Bonchev–Trinajstić information content (AvgIpc) is 3.24. The van der Waals surface area contributed by atoms with Crippen LogP contribution in [0.1, 0.15) is 60.5 Å². The Balaban J connectivity index is 1.23. The quantitative estimate of drug-likeness (QED) is 0.665. The predicted octanol–water partition coefficient (Wildman–Crippen LogP) is 2.48. The lowest BCUT2D eigenvalue weighted by Gasteiger charge is -2.37. The molecule has 1 aliphatic carbocycles. The highest BCUT2D eigenvalue weighted by atomic mass is 16.2. The van der Waals surface area contributed by atoms with Crippen molar-refractivity contribution in [3.8, 4) is 0 Å².